The maximum atomic E-state index is 11.2. The van der Waals surface area contributed by atoms with Gasteiger partial charge in [-0.3, -0.25) is 14.2 Å². The molecular weight excluding hydrogens is 318 g/mol. The molecule has 1 amide bonds. The van der Waals surface area contributed by atoms with E-state index in [-0.39, 0.29) is 5.91 Å². The molecule has 1 fully saturated rings. The van der Waals surface area contributed by atoms with Crippen LogP contribution in [-0.2, 0) is 11.2 Å². The number of carbonyl (C=O) groups is 1. The molecule has 0 aliphatic carbocycles. The Hall–Kier alpha value is -2.64. The molecule has 1 atom stereocenters. The van der Waals surface area contributed by atoms with Gasteiger partial charge in [0.2, 0.25) is 5.91 Å². The van der Waals surface area contributed by atoms with E-state index in [4.69, 9.17) is 5.73 Å². The van der Waals surface area contributed by atoms with Gasteiger partial charge in [-0.05, 0) is 30.9 Å². The van der Waals surface area contributed by atoms with Gasteiger partial charge >= 0.3 is 0 Å². The summed E-state index contributed by atoms with van der Waals surface area (Å²) in [6, 6.07) is 5.86. The highest BCUT2D eigenvalue weighted by Crippen LogP contribution is 2.19. The minimum absolute atomic E-state index is 0.228. The summed E-state index contributed by atoms with van der Waals surface area (Å²) in [5.41, 5.74) is 6.19. The van der Waals surface area contributed by atoms with Crippen molar-refractivity contribution in [3.8, 4) is 0 Å². The van der Waals surface area contributed by atoms with Crippen molar-refractivity contribution >= 4 is 17.5 Å². The first-order valence-electron chi connectivity index (χ1n) is 8.70. The molecule has 0 aromatic carbocycles. The summed E-state index contributed by atoms with van der Waals surface area (Å²) in [7, 11) is 1.78. The average molecular weight is 343 g/mol. The quantitative estimate of drug-likeness (QED) is 0.606. The number of aliphatic imine (C=N–C) groups is 1. The van der Waals surface area contributed by atoms with Crippen LogP contribution in [0.1, 0.15) is 25.1 Å². The highest BCUT2D eigenvalue weighted by molar-refractivity contribution is 5.80. The van der Waals surface area contributed by atoms with Gasteiger partial charge in [0, 0.05) is 45.7 Å². The Morgan fingerprint density at radius 2 is 2.32 bits per heavy atom. The van der Waals surface area contributed by atoms with E-state index in [1.165, 1.54) is 0 Å². The van der Waals surface area contributed by atoms with E-state index in [1.54, 1.807) is 7.05 Å². The summed E-state index contributed by atoms with van der Waals surface area (Å²) in [6.07, 6.45) is 5.26. The number of aromatic nitrogens is 3. The third-order valence-electron chi connectivity index (χ3n) is 4.54. The largest absolute Gasteiger partial charge is 0.370 e. The number of likely N-dealkylation sites (tertiary alicyclic amines) is 1. The molecule has 0 radical (unpaired) electrons. The molecule has 1 aliphatic heterocycles. The van der Waals surface area contributed by atoms with Crippen molar-refractivity contribution in [2.75, 3.05) is 26.7 Å². The van der Waals surface area contributed by atoms with Crippen LogP contribution in [0.5, 0.6) is 0 Å². The van der Waals surface area contributed by atoms with Gasteiger partial charge in [-0.1, -0.05) is 6.07 Å². The van der Waals surface area contributed by atoms with Crippen LogP contribution in [0.2, 0.25) is 0 Å². The molecule has 8 heteroatoms. The fraction of sp³-hybridized carbons (Fsp3) is 0.529. The predicted octanol–water partition coefficient (Wildman–Crippen LogP) is 0.435. The molecule has 1 aliphatic rings. The fourth-order valence-corrected chi connectivity index (χ4v) is 3.39. The Balaban J connectivity index is 1.55. The van der Waals surface area contributed by atoms with E-state index in [0.29, 0.717) is 12.3 Å². The molecule has 0 spiro atoms. The zero-order chi connectivity index (χ0) is 17.6. The van der Waals surface area contributed by atoms with Crippen LogP contribution in [0.3, 0.4) is 0 Å². The minimum atomic E-state index is -0.228. The first-order chi connectivity index (χ1) is 12.2. The van der Waals surface area contributed by atoms with Crippen LogP contribution >= 0.6 is 0 Å². The van der Waals surface area contributed by atoms with Crippen molar-refractivity contribution in [2.45, 2.75) is 25.7 Å². The molecule has 3 rings (SSSR count). The molecule has 3 heterocycles. The molecule has 1 unspecified atom stereocenters. The van der Waals surface area contributed by atoms with Gasteiger partial charge in [-0.25, -0.2) is 0 Å². The highest BCUT2D eigenvalue weighted by atomic mass is 16.1. The lowest BCUT2D eigenvalue weighted by atomic mass is 9.95. The van der Waals surface area contributed by atoms with Crippen molar-refractivity contribution in [2.24, 2.45) is 16.6 Å². The second kappa shape index (κ2) is 7.96. The summed E-state index contributed by atoms with van der Waals surface area (Å²) >= 11 is 0. The lowest BCUT2D eigenvalue weighted by Crippen LogP contribution is -2.47. The van der Waals surface area contributed by atoms with Crippen molar-refractivity contribution in [1.82, 2.24) is 24.8 Å². The smallest absolute Gasteiger partial charge is 0.217 e. The van der Waals surface area contributed by atoms with Gasteiger partial charge in [0.1, 0.15) is 5.82 Å². The van der Waals surface area contributed by atoms with Crippen LogP contribution < -0.4 is 11.1 Å². The standard InChI is InChI=1S/C17H25N7O/c1-19-17(23-9-4-5-13(12-23)11-14(18)25)20-8-7-16-22-21-15-6-2-3-10-24(15)16/h2-3,6,10,13H,4-5,7-9,11-12H2,1H3,(H2,18,25)(H,19,20). The van der Waals surface area contributed by atoms with Crippen molar-refractivity contribution in [3.05, 3.63) is 30.2 Å². The lowest BCUT2D eigenvalue weighted by molar-refractivity contribution is -0.119. The second-order valence-corrected chi connectivity index (χ2v) is 6.39. The highest BCUT2D eigenvalue weighted by Gasteiger charge is 2.23. The molecule has 134 valence electrons. The number of carbonyl (C=O) groups excluding carboxylic acids is 1. The van der Waals surface area contributed by atoms with Crippen LogP contribution in [0.15, 0.2) is 29.4 Å². The maximum Gasteiger partial charge on any atom is 0.217 e. The van der Waals surface area contributed by atoms with Gasteiger partial charge in [0.05, 0.1) is 0 Å². The topological polar surface area (TPSA) is 101 Å². The van der Waals surface area contributed by atoms with Crippen LogP contribution in [0.25, 0.3) is 5.65 Å². The molecule has 3 N–H and O–H groups in total. The number of pyridine rings is 1. The zero-order valence-electron chi connectivity index (χ0n) is 14.6. The average Bonchev–Trinajstić information content (AvgIpc) is 3.02. The van der Waals surface area contributed by atoms with E-state index in [9.17, 15) is 4.79 Å². The summed E-state index contributed by atoms with van der Waals surface area (Å²) in [4.78, 5) is 17.8. The molecular formula is C17H25N7O. The summed E-state index contributed by atoms with van der Waals surface area (Å²) < 4.78 is 1.99. The Morgan fingerprint density at radius 3 is 3.12 bits per heavy atom. The number of primary amides is 1. The minimum Gasteiger partial charge on any atom is -0.370 e. The lowest BCUT2D eigenvalue weighted by Gasteiger charge is -2.34. The van der Waals surface area contributed by atoms with Gasteiger partial charge in [-0.2, -0.15) is 0 Å². The van der Waals surface area contributed by atoms with Crippen molar-refractivity contribution in [3.63, 3.8) is 0 Å². The van der Waals surface area contributed by atoms with E-state index >= 15 is 0 Å². The number of hydrogen-bond donors (Lipinski definition) is 2. The Labute approximate surface area is 147 Å². The van der Waals surface area contributed by atoms with Crippen LogP contribution in [0, 0.1) is 5.92 Å². The molecule has 1 saturated heterocycles. The third kappa shape index (κ3) is 4.26. The number of hydrogen-bond acceptors (Lipinski definition) is 4. The number of amides is 1. The van der Waals surface area contributed by atoms with Crippen LogP contribution in [0.4, 0.5) is 0 Å². The molecule has 0 bridgehead atoms. The predicted molar refractivity (Wildman–Crippen MR) is 96.2 cm³/mol. The second-order valence-electron chi connectivity index (χ2n) is 6.39. The summed E-state index contributed by atoms with van der Waals surface area (Å²) in [5, 5.41) is 11.8. The first kappa shape index (κ1) is 17.2. The number of nitrogens with two attached hydrogens (primary N) is 1. The number of nitrogens with zero attached hydrogens (tertiary/aromatic N) is 5. The monoisotopic (exact) mass is 343 g/mol. The number of piperidine rings is 1. The molecule has 25 heavy (non-hydrogen) atoms. The maximum absolute atomic E-state index is 11.2. The first-order valence-corrected chi connectivity index (χ1v) is 8.70. The third-order valence-corrected chi connectivity index (χ3v) is 4.54. The van der Waals surface area contributed by atoms with Gasteiger partial charge < -0.3 is 16.0 Å². The Bertz CT molecular complexity index is 754. The molecule has 2 aromatic heterocycles. The van der Waals surface area contributed by atoms with Crippen molar-refractivity contribution < 1.29 is 4.79 Å². The van der Waals surface area contributed by atoms with E-state index < -0.39 is 0 Å². The van der Waals surface area contributed by atoms with E-state index in [2.05, 4.69) is 25.4 Å². The summed E-state index contributed by atoms with van der Waals surface area (Å²) in [6.45, 7) is 2.48. The zero-order valence-corrected chi connectivity index (χ0v) is 14.6. The van der Waals surface area contributed by atoms with Crippen molar-refractivity contribution in [1.29, 1.82) is 0 Å². The molecule has 8 nitrogen and oxygen atoms in total. The van der Waals surface area contributed by atoms with E-state index in [0.717, 1.165) is 56.3 Å². The fourth-order valence-electron chi connectivity index (χ4n) is 3.39. The number of rotatable bonds is 5. The Kier molecular flexibility index (Phi) is 5.47. The van der Waals surface area contributed by atoms with Gasteiger partial charge in [0.15, 0.2) is 11.6 Å². The van der Waals surface area contributed by atoms with E-state index in [1.807, 2.05) is 28.8 Å². The van der Waals surface area contributed by atoms with Crippen LogP contribution in [-0.4, -0.2) is 58.0 Å². The normalized spacial score (nSPS) is 18.5. The number of fused-ring (bicyclic) bond motifs is 1. The molecule has 0 saturated carbocycles. The van der Waals surface area contributed by atoms with Gasteiger partial charge in [0.25, 0.3) is 0 Å². The van der Waals surface area contributed by atoms with Gasteiger partial charge in [-0.15, -0.1) is 10.2 Å². The molecule has 2 aromatic rings. The Morgan fingerprint density at radius 1 is 1.44 bits per heavy atom. The summed E-state index contributed by atoms with van der Waals surface area (Å²) in [5.74, 6) is 1.87. The number of guanidine groups is 1. The SMILES string of the molecule is CN=C(NCCc1nnc2ccccn12)N1CCCC(CC(N)=O)C1. The number of nitrogens with one attached hydrogen (secondary N) is 1.